The lowest BCUT2D eigenvalue weighted by molar-refractivity contribution is -0.133. The van der Waals surface area contributed by atoms with Crippen LogP contribution in [0.1, 0.15) is 90.9 Å². The van der Waals surface area contributed by atoms with E-state index in [9.17, 15) is 4.79 Å². The SMILES string of the molecule is C=C/C(C)=C/OC(=O)C(=C)CCCCCCCCCCCCC. The Morgan fingerprint density at radius 1 is 0.913 bits per heavy atom. The largest absolute Gasteiger partial charge is 0.431 e. The molecule has 0 heterocycles. The van der Waals surface area contributed by atoms with Crippen molar-refractivity contribution in [2.75, 3.05) is 0 Å². The summed E-state index contributed by atoms with van der Waals surface area (Å²) in [6.07, 6.45) is 18.2. The second-order valence-corrected chi connectivity index (χ2v) is 6.36. The lowest BCUT2D eigenvalue weighted by atomic mass is 10.0. The molecule has 0 rings (SSSR count). The highest BCUT2D eigenvalue weighted by molar-refractivity contribution is 5.88. The Hall–Kier alpha value is -1.31. The number of rotatable bonds is 15. The van der Waals surface area contributed by atoms with Crippen molar-refractivity contribution in [2.24, 2.45) is 0 Å². The first-order chi connectivity index (χ1) is 11.1. The lowest BCUT2D eigenvalue weighted by Crippen LogP contribution is -2.03. The third-order valence-electron chi connectivity index (χ3n) is 4.04. The molecule has 0 aromatic heterocycles. The molecule has 0 unspecified atom stereocenters. The molecule has 0 saturated carbocycles. The molecule has 0 aromatic rings. The topological polar surface area (TPSA) is 26.3 Å². The van der Waals surface area contributed by atoms with Crippen molar-refractivity contribution in [1.29, 1.82) is 0 Å². The molecule has 0 N–H and O–H groups in total. The van der Waals surface area contributed by atoms with Crippen LogP contribution in [0.2, 0.25) is 0 Å². The zero-order chi connectivity index (χ0) is 17.3. The number of hydrogen-bond donors (Lipinski definition) is 0. The zero-order valence-electron chi connectivity index (χ0n) is 15.4. The first-order valence-electron chi connectivity index (χ1n) is 9.29. The van der Waals surface area contributed by atoms with E-state index in [4.69, 9.17) is 4.74 Å². The molecule has 0 saturated heterocycles. The van der Waals surface area contributed by atoms with Crippen molar-refractivity contribution in [3.8, 4) is 0 Å². The van der Waals surface area contributed by atoms with Crippen molar-refractivity contribution in [1.82, 2.24) is 0 Å². The molecule has 23 heavy (non-hydrogen) atoms. The first kappa shape index (κ1) is 21.7. The molecule has 0 atom stereocenters. The summed E-state index contributed by atoms with van der Waals surface area (Å²) in [4.78, 5) is 11.7. The summed E-state index contributed by atoms with van der Waals surface area (Å²) in [5.41, 5.74) is 1.40. The summed E-state index contributed by atoms with van der Waals surface area (Å²) >= 11 is 0. The van der Waals surface area contributed by atoms with Gasteiger partial charge in [0.1, 0.15) is 0 Å². The molecular formula is C21H36O2. The molecule has 0 bridgehead atoms. The van der Waals surface area contributed by atoms with Gasteiger partial charge in [-0.2, -0.15) is 0 Å². The number of hydrogen-bond acceptors (Lipinski definition) is 2. The molecule has 0 spiro atoms. The maximum Gasteiger partial charge on any atom is 0.338 e. The Bertz CT molecular complexity index is 366. The number of carbonyl (C=O) groups is 1. The van der Waals surface area contributed by atoms with Gasteiger partial charge in [0, 0.05) is 5.57 Å². The average Bonchev–Trinajstić information content (AvgIpc) is 2.56. The van der Waals surface area contributed by atoms with Crippen LogP contribution in [-0.2, 0) is 9.53 Å². The van der Waals surface area contributed by atoms with Gasteiger partial charge in [0.15, 0.2) is 0 Å². The van der Waals surface area contributed by atoms with Crippen LogP contribution in [0.25, 0.3) is 0 Å². The zero-order valence-corrected chi connectivity index (χ0v) is 15.4. The van der Waals surface area contributed by atoms with E-state index in [1.54, 1.807) is 6.08 Å². The van der Waals surface area contributed by atoms with Crippen LogP contribution in [0.3, 0.4) is 0 Å². The van der Waals surface area contributed by atoms with E-state index < -0.39 is 0 Å². The predicted molar refractivity (Wildman–Crippen MR) is 100 cm³/mol. The normalized spacial score (nSPS) is 11.3. The molecule has 2 nitrogen and oxygen atoms in total. The maximum atomic E-state index is 11.7. The predicted octanol–water partition coefficient (Wildman–Crippen LogP) is 6.88. The van der Waals surface area contributed by atoms with Crippen LogP contribution in [0.15, 0.2) is 36.6 Å². The van der Waals surface area contributed by atoms with Gasteiger partial charge in [-0.05, 0) is 25.3 Å². The number of ether oxygens (including phenoxy) is 1. The Morgan fingerprint density at radius 2 is 1.39 bits per heavy atom. The van der Waals surface area contributed by atoms with Crippen molar-refractivity contribution in [3.05, 3.63) is 36.6 Å². The van der Waals surface area contributed by atoms with Crippen molar-refractivity contribution in [3.63, 3.8) is 0 Å². The van der Waals surface area contributed by atoms with E-state index in [-0.39, 0.29) is 5.97 Å². The van der Waals surface area contributed by atoms with Crippen LogP contribution in [-0.4, -0.2) is 5.97 Å². The fourth-order valence-corrected chi connectivity index (χ4v) is 2.38. The Balaban J connectivity index is 3.45. The highest BCUT2D eigenvalue weighted by Crippen LogP contribution is 2.14. The van der Waals surface area contributed by atoms with Gasteiger partial charge in [-0.25, -0.2) is 4.79 Å². The van der Waals surface area contributed by atoms with Gasteiger partial charge < -0.3 is 4.74 Å². The van der Waals surface area contributed by atoms with Gasteiger partial charge in [-0.3, -0.25) is 0 Å². The van der Waals surface area contributed by atoms with E-state index in [2.05, 4.69) is 20.1 Å². The molecule has 0 radical (unpaired) electrons. The van der Waals surface area contributed by atoms with E-state index in [1.807, 2.05) is 6.92 Å². The van der Waals surface area contributed by atoms with Crippen LogP contribution in [0.4, 0.5) is 0 Å². The third kappa shape index (κ3) is 14.0. The summed E-state index contributed by atoms with van der Waals surface area (Å²) in [6.45, 7) is 11.5. The smallest absolute Gasteiger partial charge is 0.338 e. The molecule has 0 aliphatic carbocycles. The maximum absolute atomic E-state index is 11.7. The van der Waals surface area contributed by atoms with Gasteiger partial charge in [0.2, 0.25) is 0 Å². The first-order valence-corrected chi connectivity index (χ1v) is 9.29. The Morgan fingerprint density at radius 3 is 1.87 bits per heavy atom. The molecule has 0 fully saturated rings. The van der Waals surface area contributed by atoms with Crippen molar-refractivity contribution < 1.29 is 9.53 Å². The van der Waals surface area contributed by atoms with Crippen LogP contribution in [0.5, 0.6) is 0 Å². The van der Waals surface area contributed by atoms with Gasteiger partial charge in [0.25, 0.3) is 0 Å². The standard InChI is InChI=1S/C21H36O2/c1-5-7-8-9-10-11-12-13-14-15-16-17-20(4)21(22)23-18-19(3)6-2/h6,18H,2,4-5,7-17H2,1,3H3/b19-18+. The van der Waals surface area contributed by atoms with Crippen molar-refractivity contribution >= 4 is 5.97 Å². The van der Waals surface area contributed by atoms with E-state index in [1.165, 1.54) is 70.5 Å². The van der Waals surface area contributed by atoms with Gasteiger partial charge in [-0.15, -0.1) is 0 Å². The fraction of sp³-hybridized carbons (Fsp3) is 0.667. The molecule has 0 aliphatic heterocycles. The van der Waals surface area contributed by atoms with Gasteiger partial charge in [-0.1, -0.05) is 90.4 Å². The van der Waals surface area contributed by atoms with Crippen LogP contribution < -0.4 is 0 Å². The van der Waals surface area contributed by atoms with Crippen molar-refractivity contribution in [2.45, 2.75) is 90.9 Å². The fourth-order valence-electron chi connectivity index (χ4n) is 2.38. The molecule has 2 heteroatoms. The van der Waals surface area contributed by atoms with Gasteiger partial charge >= 0.3 is 5.97 Å². The minimum absolute atomic E-state index is 0.321. The molecule has 0 aliphatic rings. The molecule has 0 aromatic carbocycles. The number of allylic oxidation sites excluding steroid dienone is 2. The number of esters is 1. The Labute approximate surface area is 143 Å². The summed E-state index contributed by atoms with van der Waals surface area (Å²) in [6, 6.07) is 0. The quantitative estimate of drug-likeness (QED) is 0.108. The summed E-state index contributed by atoms with van der Waals surface area (Å²) in [5, 5.41) is 0. The molecular weight excluding hydrogens is 284 g/mol. The second kappa shape index (κ2) is 15.6. The van der Waals surface area contributed by atoms with E-state index >= 15 is 0 Å². The molecule has 132 valence electrons. The second-order valence-electron chi connectivity index (χ2n) is 6.36. The third-order valence-corrected chi connectivity index (χ3v) is 4.04. The van der Waals surface area contributed by atoms with E-state index in [0.717, 1.165) is 18.4 Å². The molecule has 0 amide bonds. The summed E-state index contributed by atoms with van der Waals surface area (Å²) in [5.74, 6) is -0.321. The number of unbranched alkanes of at least 4 members (excludes halogenated alkanes) is 10. The minimum atomic E-state index is -0.321. The summed E-state index contributed by atoms with van der Waals surface area (Å²) < 4.78 is 5.04. The average molecular weight is 321 g/mol. The van der Waals surface area contributed by atoms with Crippen LogP contribution >= 0.6 is 0 Å². The number of carbonyl (C=O) groups excluding carboxylic acids is 1. The highest BCUT2D eigenvalue weighted by Gasteiger charge is 2.06. The minimum Gasteiger partial charge on any atom is -0.431 e. The van der Waals surface area contributed by atoms with E-state index in [0.29, 0.717) is 5.57 Å². The highest BCUT2D eigenvalue weighted by atomic mass is 16.5. The lowest BCUT2D eigenvalue weighted by Gasteiger charge is -2.05. The van der Waals surface area contributed by atoms with Gasteiger partial charge in [0.05, 0.1) is 6.26 Å². The Kier molecular flexibility index (Phi) is 14.7. The van der Waals surface area contributed by atoms with Crippen LogP contribution in [0, 0.1) is 0 Å². The summed E-state index contributed by atoms with van der Waals surface area (Å²) in [7, 11) is 0. The monoisotopic (exact) mass is 320 g/mol.